The minimum atomic E-state index is 0.333. The molecule has 1 aromatic heterocycles. The Morgan fingerprint density at radius 1 is 1.38 bits per heavy atom. The highest BCUT2D eigenvalue weighted by molar-refractivity contribution is 5.73. The summed E-state index contributed by atoms with van der Waals surface area (Å²) in [5.41, 5.74) is 8.61. The lowest BCUT2D eigenvalue weighted by Crippen LogP contribution is -2.00. The van der Waals surface area contributed by atoms with Gasteiger partial charge in [0.05, 0.1) is 0 Å². The number of aromatic nitrogens is 1. The van der Waals surface area contributed by atoms with Crippen molar-refractivity contribution in [1.82, 2.24) is 4.98 Å². The van der Waals surface area contributed by atoms with Crippen molar-refractivity contribution in [3.05, 3.63) is 29.7 Å². The van der Waals surface area contributed by atoms with Crippen molar-refractivity contribution >= 4 is 11.1 Å². The predicted octanol–water partition coefficient (Wildman–Crippen LogP) is 2.84. The molecule has 2 rings (SSSR count). The molecule has 1 heterocycles. The highest BCUT2D eigenvalue weighted by Gasteiger charge is 2.09. The van der Waals surface area contributed by atoms with Crippen LogP contribution in [-0.2, 0) is 6.42 Å². The Labute approximate surface area is 95.7 Å². The molecule has 1 aromatic carbocycles. The van der Waals surface area contributed by atoms with Gasteiger partial charge in [0.1, 0.15) is 5.52 Å². The molecule has 3 heteroatoms. The summed E-state index contributed by atoms with van der Waals surface area (Å²) >= 11 is 0. The molecule has 0 amide bonds. The molecule has 0 unspecified atom stereocenters. The molecule has 0 saturated heterocycles. The third-order valence-corrected chi connectivity index (χ3v) is 2.63. The van der Waals surface area contributed by atoms with E-state index in [1.54, 1.807) is 0 Å². The Morgan fingerprint density at radius 2 is 2.19 bits per heavy atom. The number of oxazole rings is 1. The molecule has 2 aromatic rings. The van der Waals surface area contributed by atoms with Gasteiger partial charge in [-0.15, -0.1) is 0 Å². The second-order valence-electron chi connectivity index (χ2n) is 4.40. The van der Waals surface area contributed by atoms with Crippen LogP contribution >= 0.6 is 0 Å². The Morgan fingerprint density at radius 3 is 2.88 bits per heavy atom. The standard InChI is InChI=1S/C13H18N2O/c1-9(2)13-15-11-8-10(4-3-7-14)5-6-12(11)16-13/h5-6,8-9H,3-4,7,14H2,1-2H3. The highest BCUT2D eigenvalue weighted by Crippen LogP contribution is 2.22. The molecule has 3 nitrogen and oxygen atoms in total. The Hall–Kier alpha value is -1.35. The van der Waals surface area contributed by atoms with Gasteiger partial charge in [-0.3, -0.25) is 0 Å². The summed E-state index contributed by atoms with van der Waals surface area (Å²) < 4.78 is 5.65. The number of nitrogens with two attached hydrogens (primary N) is 1. The zero-order chi connectivity index (χ0) is 11.5. The molecule has 0 aliphatic heterocycles. The van der Waals surface area contributed by atoms with Gasteiger partial charge >= 0.3 is 0 Å². The van der Waals surface area contributed by atoms with E-state index in [9.17, 15) is 0 Å². The first kappa shape index (κ1) is 11.1. The van der Waals surface area contributed by atoms with E-state index in [1.807, 2.05) is 6.07 Å². The van der Waals surface area contributed by atoms with E-state index in [2.05, 4.69) is 31.0 Å². The van der Waals surface area contributed by atoms with Gasteiger partial charge < -0.3 is 10.2 Å². The van der Waals surface area contributed by atoms with Crippen LogP contribution in [0.1, 0.15) is 37.6 Å². The average Bonchev–Trinajstić information content (AvgIpc) is 2.69. The van der Waals surface area contributed by atoms with Crippen LogP contribution in [0, 0.1) is 0 Å². The lowest BCUT2D eigenvalue weighted by Gasteiger charge is -1.97. The van der Waals surface area contributed by atoms with E-state index in [-0.39, 0.29) is 0 Å². The lowest BCUT2D eigenvalue weighted by molar-refractivity contribution is 0.501. The van der Waals surface area contributed by atoms with Crippen LogP contribution in [0.4, 0.5) is 0 Å². The molecule has 0 saturated carbocycles. The summed E-state index contributed by atoms with van der Waals surface area (Å²) in [6.07, 6.45) is 2.02. The van der Waals surface area contributed by atoms with Crippen LogP contribution in [0.2, 0.25) is 0 Å². The van der Waals surface area contributed by atoms with Crippen molar-refractivity contribution in [3.63, 3.8) is 0 Å². The zero-order valence-corrected chi connectivity index (χ0v) is 9.86. The smallest absolute Gasteiger partial charge is 0.198 e. The van der Waals surface area contributed by atoms with E-state index >= 15 is 0 Å². The first-order valence-electron chi connectivity index (χ1n) is 5.80. The SMILES string of the molecule is CC(C)c1nc2cc(CCCN)ccc2o1. The van der Waals surface area contributed by atoms with Gasteiger partial charge in [-0.25, -0.2) is 4.98 Å². The molecule has 2 N–H and O–H groups in total. The molecule has 0 fully saturated rings. The third-order valence-electron chi connectivity index (χ3n) is 2.63. The maximum atomic E-state index is 5.65. The fourth-order valence-electron chi connectivity index (χ4n) is 1.70. The number of benzene rings is 1. The van der Waals surface area contributed by atoms with Gasteiger partial charge in [0.25, 0.3) is 0 Å². The predicted molar refractivity (Wildman–Crippen MR) is 65.5 cm³/mol. The summed E-state index contributed by atoms with van der Waals surface area (Å²) in [6.45, 7) is 4.90. The van der Waals surface area contributed by atoms with Crippen molar-refractivity contribution in [2.24, 2.45) is 5.73 Å². The van der Waals surface area contributed by atoms with Crippen molar-refractivity contribution in [3.8, 4) is 0 Å². The minimum Gasteiger partial charge on any atom is -0.440 e. The normalized spacial score (nSPS) is 11.5. The molecular weight excluding hydrogens is 200 g/mol. The van der Waals surface area contributed by atoms with Gasteiger partial charge in [0.2, 0.25) is 0 Å². The lowest BCUT2D eigenvalue weighted by atomic mass is 10.1. The zero-order valence-electron chi connectivity index (χ0n) is 9.86. The average molecular weight is 218 g/mol. The summed E-state index contributed by atoms with van der Waals surface area (Å²) in [4.78, 5) is 4.48. The van der Waals surface area contributed by atoms with E-state index in [4.69, 9.17) is 10.2 Å². The third kappa shape index (κ3) is 2.25. The summed E-state index contributed by atoms with van der Waals surface area (Å²) in [5.74, 6) is 1.14. The van der Waals surface area contributed by atoms with E-state index in [0.717, 1.165) is 36.4 Å². The molecule has 0 aliphatic carbocycles. The molecule has 0 aliphatic rings. The molecular formula is C13H18N2O. The maximum Gasteiger partial charge on any atom is 0.198 e. The van der Waals surface area contributed by atoms with E-state index in [0.29, 0.717) is 5.92 Å². The maximum absolute atomic E-state index is 5.65. The Balaban J connectivity index is 2.30. The number of hydrogen-bond acceptors (Lipinski definition) is 3. The Bertz CT molecular complexity index is 474. The highest BCUT2D eigenvalue weighted by atomic mass is 16.3. The molecule has 0 atom stereocenters. The number of hydrogen-bond donors (Lipinski definition) is 1. The van der Waals surface area contributed by atoms with Crippen molar-refractivity contribution in [2.75, 3.05) is 6.54 Å². The molecule has 0 bridgehead atoms. The molecule has 0 radical (unpaired) electrons. The van der Waals surface area contributed by atoms with Crippen LogP contribution in [0.15, 0.2) is 22.6 Å². The second kappa shape index (κ2) is 4.66. The number of nitrogens with zero attached hydrogens (tertiary/aromatic N) is 1. The Kier molecular flexibility index (Phi) is 3.25. The fraction of sp³-hybridized carbons (Fsp3) is 0.462. The summed E-state index contributed by atoms with van der Waals surface area (Å²) in [5, 5.41) is 0. The molecule has 0 spiro atoms. The van der Waals surface area contributed by atoms with Crippen molar-refractivity contribution in [1.29, 1.82) is 0 Å². The van der Waals surface area contributed by atoms with Gasteiger partial charge in [0.15, 0.2) is 11.5 Å². The van der Waals surface area contributed by atoms with E-state index in [1.165, 1.54) is 5.56 Å². The second-order valence-corrected chi connectivity index (χ2v) is 4.40. The minimum absolute atomic E-state index is 0.333. The molecule has 16 heavy (non-hydrogen) atoms. The number of aryl methyl sites for hydroxylation is 1. The summed E-state index contributed by atoms with van der Waals surface area (Å²) in [7, 11) is 0. The van der Waals surface area contributed by atoms with Crippen LogP contribution in [0.3, 0.4) is 0 Å². The van der Waals surface area contributed by atoms with Crippen LogP contribution in [-0.4, -0.2) is 11.5 Å². The van der Waals surface area contributed by atoms with Gasteiger partial charge in [-0.2, -0.15) is 0 Å². The largest absolute Gasteiger partial charge is 0.440 e. The molecule has 86 valence electrons. The first-order valence-corrected chi connectivity index (χ1v) is 5.80. The van der Waals surface area contributed by atoms with Crippen LogP contribution in [0.5, 0.6) is 0 Å². The number of fused-ring (bicyclic) bond motifs is 1. The van der Waals surface area contributed by atoms with Crippen LogP contribution < -0.4 is 5.73 Å². The quantitative estimate of drug-likeness (QED) is 0.858. The van der Waals surface area contributed by atoms with Crippen LogP contribution in [0.25, 0.3) is 11.1 Å². The van der Waals surface area contributed by atoms with Gasteiger partial charge in [0, 0.05) is 5.92 Å². The first-order chi connectivity index (χ1) is 7.70. The van der Waals surface area contributed by atoms with E-state index < -0.39 is 0 Å². The van der Waals surface area contributed by atoms with Crippen molar-refractivity contribution < 1.29 is 4.42 Å². The number of rotatable bonds is 4. The monoisotopic (exact) mass is 218 g/mol. The van der Waals surface area contributed by atoms with Gasteiger partial charge in [-0.05, 0) is 37.1 Å². The summed E-state index contributed by atoms with van der Waals surface area (Å²) in [6, 6.07) is 6.19. The topological polar surface area (TPSA) is 52.0 Å². The van der Waals surface area contributed by atoms with Gasteiger partial charge in [-0.1, -0.05) is 19.9 Å². The fourth-order valence-corrected chi connectivity index (χ4v) is 1.70. The van der Waals surface area contributed by atoms with Crippen molar-refractivity contribution in [2.45, 2.75) is 32.6 Å².